The molecule has 0 atom stereocenters. The second-order valence-electron chi connectivity index (χ2n) is 3.64. The van der Waals surface area contributed by atoms with Crippen molar-refractivity contribution in [3.05, 3.63) is 10.0 Å². The van der Waals surface area contributed by atoms with Gasteiger partial charge in [-0.25, -0.2) is 4.98 Å². The average molecular weight is 235 g/mol. The van der Waals surface area contributed by atoms with E-state index in [1.165, 1.54) is 11.3 Å². The number of hydrogen-bond acceptors (Lipinski definition) is 4. The third-order valence-corrected chi connectivity index (χ3v) is 3.33. The Kier molecular flexibility index (Phi) is 4.16. The minimum atomic E-state index is -0.0357. The minimum Gasteiger partial charge on any atom is -0.391 e. The van der Waals surface area contributed by atoms with Crippen LogP contribution < -0.4 is 4.90 Å². The molecule has 0 aliphatic carbocycles. The predicted octanol–water partition coefficient (Wildman–Crippen LogP) is 2.38. The first-order chi connectivity index (χ1) is 6.54. The number of thiazole rings is 1. The van der Waals surface area contributed by atoms with Crippen LogP contribution in [0.1, 0.15) is 18.7 Å². The summed E-state index contributed by atoms with van der Waals surface area (Å²) >= 11 is 7.28. The topological polar surface area (TPSA) is 36.4 Å². The van der Waals surface area contributed by atoms with Gasteiger partial charge in [-0.15, -0.1) is 0 Å². The highest BCUT2D eigenvalue weighted by atomic mass is 35.5. The molecular weight excluding hydrogens is 220 g/mol. The maximum absolute atomic E-state index is 8.96. The van der Waals surface area contributed by atoms with Crippen LogP contribution in [0.5, 0.6) is 0 Å². The molecule has 0 radical (unpaired) electrons. The van der Waals surface area contributed by atoms with Crippen LogP contribution in [0.25, 0.3) is 0 Å². The van der Waals surface area contributed by atoms with Crippen LogP contribution in [0.2, 0.25) is 5.15 Å². The number of aliphatic hydroxyl groups excluding tert-OH is 1. The van der Waals surface area contributed by atoms with Gasteiger partial charge in [0, 0.05) is 13.6 Å². The smallest absolute Gasteiger partial charge is 0.186 e. The molecule has 1 aromatic rings. The molecule has 0 aromatic carbocycles. The monoisotopic (exact) mass is 234 g/mol. The minimum absolute atomic E-state index is 0.0357. The number of hydrogen-bond donors (Lipinski definition) is 1. The molecule has 0 amide bonds. The fraction of sp³-hybridized carbons (Fsp3) is 0.667. The van der Waals surface area contributed by atoms with E-state index >= 15 is 0 Å². The van der Waals surface area contributed by atoms with E-state index in [0.29, 0.717) is 11.1 Å². The second kappa shape index (κ2) is 4.96. The van der Waals surface area contributed by atoms with Gasteiger partial charge in [-0.1, -0.05) is 36.8 Å². The molecule has 3 nitrogen and oxygen atoms in total. The number of halogens is 1. The lowest BCUT2D eigenvalue weighted by Gasteiger charge is -2.17. The molecule has 1 heterocycles. The van der Waals surface area contributed by atoms with E-state index in [1.807, 2.05) is 7.05 Å². The van der Waals surface area contributed by atoms with Crippen LogP contribution in [0, 0.1) is 5.92 Å². The molecule has 0 aliphatic heterocycles. The maximum atomic E-state index is 8.96. The van der Waals surface area contributed by atoms with Crippen LogP contribution in [0.3, 0.4) is 0 Å². The Morgan fingerprint density at radius 1 is 1.57 bits per heavy atom. The molecule has 1 rings (SSSR count). The molecule has 0 fully saturated rings. The van der Waals surface area contributed by atoms with Gasteiger partial charge in [0.2, 0.25) is 0 Å². The summed E-state index contributed by atoms with van der Waals surface area (Å²) in [5.41, 5.74) is 0. The Bertz CT molecular complexity index is 301. The molecule has 1 aromatic heterocycles. The lowest BCUT2D eigenvalue weighted by Crippen LogP contribution is -2.22. The SMILES string of the molecule is CC(C)CN(C)c1nc(Cl)c(CO)s1. The van der Waals surface area contributed by atoms with Crippen molar-refractivity contribution < 1.29 is 5.11 Å². The summed E-state index contributed by atoms with van der Waals surface area (Å²) in [5, 5.41) is 10.3. The van der Waals surface area contributed by atoms with E-state index in [4.69, 9.17) is 16.7 Å². The molecule has 80 valence electrons. The molecule has 0 saturated carbocycles. The third kappa shape index (κ3) is 2.83. The quantitative estimate of drug-likeness (QED) is 0.869. The molecular formula is C9H15ClN2OS. The van der Waals surface area contributed by atoms with Gasteiger partial charge in [-0.2, -0.15) is 0 Å². The molecule has 0 spiro atoms. The van der Waals surface area contributed by atoms with Crippen molar-refractivity contribution in [2.75, 3.05) is 18.5 Å². The summed E-state index contributed by atoms with van der Waals surface area (Å²) in [7, 11) is 1.98. The summed E-state index contributed by atoms with van der Waals surface area (Å²) in [6.07, 6.45) is 0. The zero-order valence-electron chi connectivity index (χ0n) is 8.62. The summed E-state index contributed by atoms with van der Waals surface area (Å²) < 4.78 is 0. The molecule has 0 unspecified atom stereocenters. The lowest BCUT2D eigenvalue weighted by molar-refractivity contribution is 0.285. The van der Waals surface area contributed by atoms with Crippen molar-refractivity contribution in [3.8, 4) is 0 Å². The first-order valence-electron chi connectivity index (χ1n) is 4.51. The second-order valence-corrected chi connectivity index (χ2v) is 5.06. The van der Waals surface area contributed by atoms with E-state index in [-0.39, 0.29) is 6.61 Å². The summed E-state index contributed by atoms with van der Waals surface area (Å²) in [6.45, 7) is 5.21. The Hall–Kier alpha value is -0.320. The summed E-state index contributed by atoms with van der Waals surface area (Å²) in [6, 6.07) is 0. The normalized spacial score (nSPS) is 11.0. The van der Waals surface area contributed by atoms with E-state index in [1.54, 1.807) is 0 Å². The van der Waals surface area contributed by atoms with Gasteiger partial charge in [-0.3, -0.25) is 0 Å². The zero-order valence-corrected chi connectivity index (χ0v) is 10.2. The van der Waals surface area contributed by atoms with Crippen LogP contribution >= 0.6 is 22.9 Å². The molecule has 5 heteroatoms. The van der Waals surface area contributed by atoms with Crippen molar-refractivity contribution in [1.82, 2.24) is 4.98 Å². The van der Waals surface area contributed by atoms with Crippen molar-refractivity contribution in [2.24, 2.45) is 5.92 Å². The van der Waals surface area contributed by atoms with Crippen molar-refractivity contribution in [1.29, 1.82) is 0 Å². The van der Waals surface area contributed by atoms with E-state index in [2.05, 4.69) is 23.7 Å². The van der Waals surface area contributed by atoms with Gasteiger partial charge in [0.25, 0.3) is 0 Å². The number of aromatic nitrogens is 1. The highest BCUT2D eigenvalue weighted by molar-refractivity contribution is 7.16. The molecule has 0 aliphatic rings. The number of nitrogens with zero attached hydrogens (tertiary/aromatic N) is 2. The highest BCUT2D eigenvalue weighted by Crippen LogP contribution is 2.29. The zero-order chi connectivity index (χ0) is 10.7. The molecule has 14 heavy (non-hydrogen) atoms. The van der Waals surface area contributed by atoms with Crippen LogP contribution in [0.4, 0.5) is 5.13 Å². The predicted molar refractivity (Wildman–Crippen MR) is 61.2 cm³/mol. The largest absolute Gasteiger partial charge is 0.391 e. The first kappa shape index (κ1) is 11.8. The molecule has 1 N–H and O–H groups in total. The first-order valence-corrected chi connectivity index (χ1v) is 5.71. The van der Waals surface area contributed by atoms with Crippen molar-refractivity contribution >= 4 is 28.1 Å². The van der Waals surface area contributed by atoms with Gasteiger partial charge in [-0.05, 0) is 5.92 Å². The summed E-state index contributed by atoms with van der Waals surface area (Å²) in [4.78, 5) is 6.97. The summed E-state index contributed by atoms with van der Waals surface area (Å²) in [5.74, 6) is 0.584. The standard InChI is InChI=1S/C9H15ClN2OS/c1-6(2)4-12(3)9-11-8(10)7(5-13)14-9/h6,13H,4-5H2,1-3H3. The van der Waals surface area contributed by atoms with Crippen LogP contribution in [-0.2, 0) is 6.61 Å². The Morgan fingerprint density at radius 3 is 2.64 bits per heavy atom. The maximum Gasteiger partial charge on any atom is 0.186 e. The lowest BCUT2D eigenvalue weighted by atomic mass is 10.2. The van der Waals surface area contributed by atoms with Crippen LogP contribution in [-0.4, -0.2) is 23.7 Å². The average Bonchev–Trinajstić information content (AvgIpc) is 2.45. The third-order valence-electron chi connectivity index (χ3n) is 1.75. The Labute approximate surface area is 93.3 Å². The van der Waals surface area contributed by atoms with E-state index in [0.717, 1.165) is 16.6 Å². The highest BCUT2D eigenvalue weighted by Gasteiger charge is 2.12. The van der Waals surface area contributed by atoms with Gasteiger partial charge in [0.1, 0.15) is 5.15 Å². The Morgan fingerprint density at radius 2 is 2.21 bits per heavy atom. The van der Waals surface area contributed by atoms with Crippen molar-refractivity contribution in [2.45, 2.75) is 20.5 Å². The van der Waals surface area contributed by atoms with E-state index < -0.39 is 0 Å². The van der Waals surface area contributed by atoms with Gasteiger partial charge >= 0.3 is 0 Å². The van der Waals surface area contributed by atoms with Crippen molar-refractivity contribution in [3.63, 3.8) is 0 Å². The van der Waals surface area contributed by atoms with E-state index in [9.17, 15) is 0 Å². The fourth-order valence-electron chi connectivity index (χ4n) is 1.21. The fourth-order valence-corrected chi connectivity index (χ4v) is 2.30. The van der Waals surface area contributed by atoms with Gasteiger partial charge in [0.15, 0.2) is 5.13 Å². The number of aliphatic hydroxyl groups is 1. The van der Waals surface area contributed by atoms with Gasteiger partial charge < -0.3 is 10.0 Å². The van der Waals surface area contributed by atoms with Crippen LogP contribution in [0.15, 0.2) is 0 Å². The Balaban J connectivity index is 2.75. The number of anilines is 1. The molecule has 0 bridgehead atoms. The molecule has 0 saturated heterocycles. The number of rotatable bonds is 4. The van der Waals surface area contributed by atoms with Gasteiger partial charge in [0.05, 0.1) is 11.5 Å².